The average molecular weight is 400 g/mol. The van der Waals surface area contributed by atoms with Crippen LogP contribution in [-0.4, -0.2) is 41.4 Å². The molecule has 26 heavy (non-hydrogen) atoms. The summed E-state index contributed by atoms with van der Waals surface area (Å²) in [6, 6.07) is 5.18. The van der Waals surface area contributed by atoms with Crippen molar-refractivity contribution in [2.45, 2.75) is 0 Å². The SMILES string of the molecule is O=C1c2ccccc2C(=O)c2c1c(O)c(O)c(P(=O)(O)O)c2P(=O)(O)O. The van der Waals surface area contributed by atoms with Crippen LogP contribution in [0.3, 0.4) is 0 Å². The molecule has 1 aliphatic rings. The van der Waals surface area contributed by atoms with Gasteiger partial charge in [0.05, 0.1) is 16.4 Å². The van der Waals surface area contributed by atoms with Crippen LogP contribution in [0.25, 0.3) is 0 Å². The number of rotatable bonds is 2. The van der Waals surface area contributed by atoms with E-state index in [4.69, 9.17) is 0 Å². The van der Waals surface area contributed by atoms with Gasteiger partial charge in [0, 0.05) is 11.1 Å². The molecular weight excluding hydrogens is 390 g/mol. The Morgan fingerprint density at radius 3 is 1.50 bits per heavy atom. The fraction of sp³-hybridized carbons (Fsp3) is 0. The topological polar surface area (TPSA) is 190 Å². The molecule has 1 aliphatic carbocycles. The maximum Gasteiger partial charge on any atom is 0.361 e. The summed E-state index contributed by atoms with van der Waals surface area (Å²) in [5, 5.41) is 16.9. The zero-order valence-corrected chi connectivity index (χ0v) is 14.3. The molecule has 0 saturated heterocycles. The summed E-state index contributed by atoms with van der Waals surface area (Å²) in [5.41, 5.74) is -2.43. The highest BCUT2D eigenvalue weighted by Crippen LogP contribution is 2.49. The van der Waals surface area contributed by atoms with Gasteiger partial charge in [-0.05, 0) is 0 Å². The van der Waals surface area contributed by atoms with Gasteiger partial charge in [-0.1, -0.05) is 24.3 Å². The second-order valence-electron chi connectivity index (χ2n) is 5.44. The molecule has 0 amide bonds. The molecular formula is C14H10O10P2. The lowest BCUT2D eigenvalue weighted by Crippen LogP contribution is -2.36. The highest BCUT2D eigenvalue weighted by molar-refractivity contribution is 7.67. The normalized spacial score (nSPS) is 14.2. The van der Waals surface area contributed by atoms with E-state index in [-0.39, 0.29) is 11.1 Å². The Morgan fingerprint density at radius 2 is 1.08 bits per heavy atom. The number of phenols is 2. The molecule has 136 valence electrons. The van der Waals surface area contributed by atoms with Crippen molar-refractivity contribution in [3.63, 3.8) is 0 Å². The Bertz CT molecular complexity index is 1090. The number of aromatic hydroxyl groups is 2. The average Bonchev–Trinajstić information content (AvgIpc) is 2.52. The molecule has 0 aromatic heterocycles. The molecule has 0 saturated carbocycles. The third-order valence-corrected chi connectivity index (χ3v) is 6.07. The summed E-state index contributed by atoms with van der Waals surface area (Å²) in [7, 11) is -11.1. The largest absolute Gasteiger partial charge is 0.504 e. The minimum absolute atomic E-state index is 0.194. The van der Waals surface area contributed by atoms with Crippen LogP contribution in [0.15, 0.2) is 24.3 Å². The first-order valence-corrected chi connectivity index (χ1v) is 10.0. The van der Waals surface area contributed by atoms with Gasteiger partial charge < -0.3 is 29.8 Å². The predicted octanol–water partition coefficient (Wildman–Crippen LogP) is -0.521. The summed E-state index contributed by atoms with van der Waals surface area (Å²) in [5.74, 6) is -5.08. The fourth-order valence-electron chi connectivity index (χ4n) is 2.85. The van der Waals surface area contributed by atoms with E-state index in [1.165, 1.54) is 24.3 Å². The molecule has 0 unspecified atom stereocenters. The van der Waals surface area contributed by atoms with E-state index in [0.717, 1.165) is 0 Å². The number of phenolic OH excluding ortho intramolecular Hbond substituents is 2. The number of hydrogen-bond acceptors (Lipinski definition) is 6. The number of ketones is 2. The number of fused-ring (bicyclic) bond motifs is 2. The van der Waals surface area contributed by atoms with Crippen LogP contribution in [0.5, 0.6) is 11.5 Å². The van der Waals surface area contributed by atoms with Crippen molar-refractivity contribution >= 4 is 37.4 Å². The molecule has 12 heteroatoms. The molecule has 0 fully saturated rings. The maximum absolute atomic E-state index is 12.7. The van der Waals surface area contributed by atoms with Crippen molar-refractivity contribution in [2.24, 2.45) is 0 Å². The van der Waals surface area contributed by atoms with Gasteiger partial charge in [-0.15, -0.1) is 0 Å². The summed E-state index contributed by atoms with van der Waals surface area (Å²) in [6.07, 6.45) is 0. The van der Waals surface area contributed by atoms with E-state index in [1.54, 1.807) is 0 Å². The van der Waals surface area contributed by atoms with Crippen LogP contribution >= 0.6 is 15.2 Å². The maximum atomic E-state index is 12.7. The summed E-state index contributed by atoms with van der Waals surface area (Å²) >= 11 is 0. The predicted molar refractivity (Wildman–Crippen MR) is 86.4 cm³/mol. The number of benzene rings is 2. The molecule has 0 heterocycles. The number of carbonyl (C=O) groups excluding carboxylic acids is 2. The van der Waals surface area contributed by atoms with E-state index in [2.05, 4.69) is 0 Å². The van der Waals surface area contributed by atoms with Gasteiger partial charge in [0.25, 0.3) is 0 Å². The van der Waals surface area contributed by atoms with Crippen LogP contribution in [0, 0.1) is 0 Å². The lowest BCUT2D eigenvalue weighted by Gasteiger charge is -2.24. The molecule has 0 bridgehead atoms. The van der Waals surface area contributed by atoms with Crippen LogP contribution in [0.2, 0.25) is 0 Å². The molecule has 2 aromatic rings. The molecule has 0 aliphatic heterocycles. The molecule has 0 radical (unpaired) electrons. The first-order chi connectivity index (χ1) is 11.9. The number of hydrogen-bond donors (Lipinski definition) is 6. The Morgan fingerprint density at radius 1 is 0.654 bits per heavy atom. The van der Waals surface area contributed by atoms with Gasteiger partial charge in [-0.25, -0.2) is 0 Å². The minimum Gasteiger partial charge on any atom is -0.504 e. The van der Waals surface area contributed by atoms with Gasteiger partial charge in [0.1, 0.15) is 5.30 Å². The van der Waals surface area contributed by atoms with Crippen molar-refractivity contribution in [1.29, 1.82) is 0 Å². The molecule has 6 N–H and O–H groups in total. The van der Waals surface area contributed by atoms with Crippen molar-refractivity contribution in [2.75, 3.05) is 0 Å². The van der Waals surface area contributed by atoms with Crippen LogP contribution < -0.4 is 10.6 Å². The van der Waals surface area contributed by atoms with Crippen molar-refractivity contribution in [3.8, 4) is 11.5 Å². The Kier molecular flexibility index (Phi) is 3.97. The quantitative estimate of drug-likeness (QED) is 0.241. The fourth-order valence-corrected chi connectivity index (χ4v) is 5.29. The lowest BCUT2D eigenvalue weighted by molar-refractivity contribution is 0.0977. The zero-order valence-electron chi connectivity index (χ0n) is 12.5. The standard InChI is InChI=1S/C14H10O10P2/c15-9-5-3-1-2-4-6(5)10(16)8-7(9)11(17)12(18)14(26(22,23)24)13(8)25(19,20)21/h1-4,17-18H,(H2,19,20,21)(H2,22,23,24). The van der Waals surface area contributed by atoms with E-state index in [9.17, 15) is 48.5 Å². The molecule has 0 atom stereocenters. The smallest absolute Gasteiger partial charge is 0.361 e. The highest BCUT2D eigenvalue weighted by Gasteiger charge is 2.46. The summed E-state index contributed by atoms with van der Waals surface area (Å²) in [6.45, 7) is 0. The van der Waals surface area contributed by atoms with Crippen LogP contribution in [0.1, 0.15) is 31.8 Å². The molecule has 3 rings (SSSR count). The number of carbonyl (C=O) groups is 2. The first-order valence-electron chi connectivity index (χ1n) is 6.80. The molecule has 2 aromatic carbocycles. The van der Waals surface area contributed by atoms with Gasteiger partial charge in [-0.2, -0.15) is 0 Å². The minimum atomic E-state index is -5.57. The Hall–Kier alpha value is -2.32. The Balaban J connectivity index is 2.60. The molecule has 0 spiro atoms. The monoisotopic (exact) mass is 400 g/mol. The third-order valence-electron chi connectivity index (χ3n) is 3.85. The second-order valence-corrected chi connectivity index (χ2v) is 8.51. The first kappa shape index (κ1) is 18.5. The highest BCUT2D eigenvalue weighted by atomic mass is 31.2. The summed E-state index contributed by atoms with van der Waals surface area (Å²) < 4.78 is 23.6. The van der Waals surface area contributed by atoms with Crippen molar-refractivity contribution in [3.05, 3.63) is 46.5 Å². The second kappa shape index (κ2) is 5.59. The van der Waals surface area contributed by atoms with Gasteiger partial charge in [0.15, 0.2) is 23.1 Å². The van der Waals surface area contributed by atoms with Crippen LogP contribution in [-0.2, 0) is 9.13 Å². The van der Waals surface area contributed by atoms with E-state index in [0.29, 0.717) is 0 Å². The van der Waals surface area contributed by atoms with E-state index in [1.807, 2.05) is 0 Å². The van der Waals surface area contributed by atoms with Gasteiger partial charge in [-0.3, -0.25) is 18.7 Å². The van der Waals surface area contributed by atoms with Crippen LogP contribution in [0.4, 0.5) is 0 Å². The summed E-state index contributed by atoms with van der Waals surface area (Å²) in [4.78, 5) is 63.2. The lowest BCUT2D eigenvalue weighted by atomic mass is 9.83. The van der Waals surface area contributed by atoms with E-state index < -0.39 is 60.0 Å². The molecule has 10 nitrogen and oxygen atoms in total. The third kappa shape index (κ3) is 2.52. The van der Waals surface area contributed by atoms with Crippen molar-refractivity contribution < 1.29 is 48.5 Å². The van der Waals surface area contributed by atoms with Crippen molar-refractivity contribution in [1.82, 2.24) is 0 Å². The van der Waals surface area contributed by atoms with E-state index >= 15 is 0 Å². The zero-order chi connectivity index (χ0) is 19.6. The van der Waals surface area contributed by atoms with Gasteiger partial charge >= 0.3 is 15.2 Å². The Labute approximate surface area is 144 Å². The van der Waals surface area contributed by atoms with Gasteiger partial charge in [0.2, 0.25) is 0 Å².